The highest BCUT2D eigenvalue weighted by molar-refractivity contribution is 5.81. The number of carbonyl (C=O) groups excluding carboxylic acids is 1. The third-order valence-electron chi connectivity index (χ3n) is 4.88. The van der Waals surface area contributed by atoms with Crippen molar-refractivity contribution in [3.63, 3.8) is 0 Å². The Hall–Kier alpha value is -1.35. The lowest BCUT2D eigenvalue weighted by Crippen LogP contribution is -2.50. The largest absolute Gasteiger partial charge is 0.341 e. The predicted octanol–water partition coefficient (Wildman–Crippen LogP) is 3.32. The quantitative estimate of drug-likeness (QED) is 0.852. The van der Waals surface area contributed by atoms with Crippen molar-refractivity contribution < 1.29 is 4.79 Å². The molecule has 0 aliphatic carbocycles. The molecule has 0 spiro atoms. The molecule has 1 aliphatic rings. The van der Waals surface area contributed by atoms with Gasteiger partial charge in [-0.2, -0.15) is 0 Å². The van der Waals surface area contributed by atoms with Crippen LogP contribution in [0.2, 0.25) is 0 Å². The fourth-order valence-electron chi connectivity index (χ4n) is 3.49. The van der Waals surface area contributed by atoms with Gasteiger partial charge in [0, 0.05) is 19.6 Å². The number of nitrogens with zero attached hydrogens (tertiary/aromatic N) is 2. The molecule has 3 atom stereocenters. The minimum absolute atomic E-state index is 0.0721. The summed E-state index contributed by atoms with van der Waals surface area (Å²) in [6.07, 6.45) is 1.23. The standard InChI is InChI=1S/C19H30N2O/c1-14-10-15(2)12-21(11-14)19(22)17(4)20(5)13-18-9-7-6-8-16(18)3/h6-9,14-15,17H,10-13H2,1-5H3. The minimum atomic E-state index is -0.0721. The van der Waals surface area contributed by atoms with Gasteiger partial charge in [0.1, 0.15) is 0 Å². The summed E-state index contributed by atoms with van der Waals surface area (Å²) in [7, 11) is 2.05. The summed E-state index contributed by atoms with van der Waals surface area (Å²) in [6, 6.07) is 8.33. The lowest BCUT2D eigenvalue weighted by atomic mass is 9.91. The third-order valence-corrected chi connectivity index (χ3v) is 4.88. The lowest BCUT2D eigenvalue weighted by Gasteiger charge is -2.38. The van der Waals surface area contributed by atoms with Gasteiger partial charge in [-0.1, -0.05) is 38.1 Å². The van der Waals surface area contributed by atoms with Crippen molar-refractivity contribution >= 4 is 5.91 Å². The molecule has 1 aliphatic heterocycles. The summed E-state index contributed by atoms with van der Waals surface area (Å²) in [4.78, 5) is 17.0. The van der Waals surface area contributed by atoms with Crippen molar-refractivity contribution in [2.45, 2.75) is 46.7 Å². The molecule has 22 heavy (non-hydrogen) atoms. The number of benzene rings is 1. The predicted molar refractivity (Wildman–Crippen MR) is 91.6 cm³/mol. The summed E-state index contributed by atoms with van der Waals surface area (Å²) < 4.78 is 0. The molecule has 3 unspecified atom stereocenters. The Morgan fingerprint density at radius 1 is 1.27 bits per heavy atom. The van der Waals surface area contributed by atoms with Crippen LogP contribution in [0.25, 0.3) is 0 Å². The van der Waals surface area contributed by atoms with Gasteiger partial charge in [-0.25, -0.2) is 0 Å². The van der Waals surface area contributed by atoms with Crippen molar-refractivity contribution in [1.29, 1.82) is 0 Å². The van der Waals surface area contributed by atoms with Gasteiger partial charge in [-0.3, -0.25) is 9.69 Å². The zero-order valence-corrected chi connectivity index (χ0v) is 14.7. The summed E-state index contributed by atoms with van der Waals surface area (Å²) in [5.41, 5.74) is 2.58. The van der Waals surface area contributed by atoms with Gasteiger partial charge in [0.2, 0.25) is 5.91 Å². The van der Waals surface area contributed by atoms with Crippen LogP contribution in [-0.4, -0.2) is 41.9 Å². The van der Waals surface area contributed by atoms with Crippen LogP contribution in [0, 0.1) is 18.8 Å². The second kappa shape index (κ2) is 7.28. The number of piperidine rings is 1. The first-order chi connectivity index (χ1) is 10.4. The summed E-state index contributed by atoms with van der Waals surface area (Å²) in [6.45, 7) is 11.3. The molecule has 1 aromatic rings. The van der Waals surface area contributed by atoms with Crippen LogP contribution in [-0.2, 0) is 11.3 Å². The monoisotopic (exact) mass is 302 g/mol. The normalized spacial score (nSPS) is 23.6. The van der Waals surface area contributed by atoms with Crippen molar-refractivity contribution in [2.24, 2.45) is 11.8 Å². The Bertz CT molecular complexity index is 504. The molecule has 3 nitrogen and oxygen atoms in total. The molecular weight excluding hydrogens is 272 g/mol. The second-order valence-electron chi connectivity index (χ2n) is 7.21. The summed E-state index contributed by atoms with van der Waals surface area (Å²) in [5.74, 6) is 1.50. The first-order valence-corrected chi connectivity index (χ1v) is 8.42. The van der Waals surface area contributed by atoms with Crippen molar-refractivity contribution in [3.8, 4) is 0 Å². The van der Waals surface area contributed by atoms with E-state index in [0.29, 0.717) is 11.8 Å². The maximum Gasteiger partial charge on any atom is 0.239 e. The Morgan fingerprint density at radius 2 is 1.86 bits per heavy atom. The molecule has 0 aromatic heterocycles. The Morgan fingerprint density at radius 3 is 2.45 bits per heavy atom. The van der Waals surface area contributed by atoms with Gasteiger partial charge < -0.3 is 4.90 Å². The molecule has 2 rings (SSSR count). The number of hydrogen-bond acceptors (Lipinski definition) is 2. The lowest BCUT2D eigenvalue weighted by molar-refractivity contribution is -0.138. The van der Waals surface area contributed by atoms with E-state index in [0.717, 1.165) is 19.6 Å². The average Bonchev–Trinajstić information content (AvgIpc) is 2.47. The van der Waals surface area contributed by atoms with E-state index in [1.807, 2.05) is 14.0 Å². The molecule has 1 amide bonds. The van der Waals surface area contributed by atoms with E-state index in [9.17, 15) is 4.79 Å². The van der Waals surface area contributed by atoms with E-state index >= 15 is 0 Å². The maximum atomic E-state index is 12.8. The molecule has 0 bridgehead atoms. The Labute approximate surface area is 135 Å². The average molecular weight is 302 g/mol. The Balaban J connectivity index is 1.99. The molecule has 122 valence electrons. The highest BCUT2D eigenvalue weighted by Crippen LogP contribution is 2.22. The number of rotatable bonds is 4. The van der Waals surface area contributed by atoms with Crippen molar-refractivity contribution in [3.05, 3.63) is 35.4 Å². The van der Waals surface area contributed by atoms with Crippen LogP contribution in [0.4, 0.5) is 0 Å². The van der Waals surface area contributed by atoms with Crippen LogP contribution < -0.4 is 0 Å². The molecule has 0 radical (unpaired) electrons. The van der Waals surface area contributed by atoms with Gasteiger partial charge in [-0.05, 0) is 50.3 Å². The topological polar surface area (TPSA) is 23.6 Å². The first-order valence-electron chi connectivity index (χ1n) is 8.42. The molecule has 0 N–H and O–H groups in total. The molecule has 1 aromatic carbocycles. The fourth-order valence-corrected chi connectivity index (χ4v) is 3.49. The first kappa shape index (κ1) is 17.0. The number of hydrogen-bond donors (Lipinski definition) is 0. The van der Waals surface area contributed by atoms with Gasteiger partial charge >= 0.3 is 0 Å². The molecule has 0 saturated carbocycles. The zero-order valence-electron chi connectivity index (χ0n) is 14.7. The molecular formula is C19H30N2O. The molecule has 1 fully saturated rings. The maximum absolute atomic E-state index is 12.8. The number of carbonyl (C=O) groups is 1. The number of likely N-dealkylation sites (tertiary alicyclic amines) is 1. The van der Waals surface area contributed by atoms with E-state index in [2.05, 4.69) is 54.8 Å². The molecule has 1 heterocycles. The van der Waals surface area contributed by atoms with Crippen molar-refractivity contribution in [2.75, 3.05) is 20.1 Å². The van der Waals surface area contributed by atoms with Crippen LogP contribution in [0.3, 0.4) is 0 Å². The Kier molecular flexibility index (Phi) is 5.63. The van der Waals surface area contributed by atoms with E-state index in [-0.39, 0.29) is 11.9 Å². The fraction of sp³-hybridized carbons (Fsp3) is 0.632. The van der Waals surface area contributed by atoms with Crippen LogP contribution in [0.1, 0.15) is 38.3 Å². The highest BCUT2D eigenvalue weighted by Gasteiger charge is 2.29. The van der Waals surface area contributed by atoms with E-state index in [1.165, 1.54) is 17.5 Å². The highest BCUT2D eigenvalue weighted by atomic mass is 16.2. The van der Waals surface area contributed by atoms with Gasteiger partial charge in [0.05, 0.1) is 6.04 Å². The SMILES string of the molecule is Cc1ccccc1CN(C)C(C)C(=O)N1CC(C)CC(C)C1. The van der Waals surface area contributed by atoms with E-state index in [4.69, 9.17) is 0 Å². The summed E-state index contributed by atoms with van der Waals surface area (Å²) >= 11 is 0. The molecule has 1 saturated heterocycles. The van der Waals surface area contributed by atoms with Gasteiger partial charge in [-0.15, -0.1) is 0 Å². The van der Waals surface area contributed by atoms with E-state index in [1.54, 1.807) is 0 Å². The van der Waals surface area contributed by atoms with Gasteiger partial charge in [0.25, 0.3) is 0 Å². The third kappa shape index (κ3) is 4.10. The number of aryl methyl sites for hydroxylation is 1. The van der Waals surface area contributed by atoms with Crippen LogP contribution in [0.5, 0.6) is 0 Å². The second-order valence-corrected chi connectivity index (χ2v) is 7.21. The van der Waals surface area contributed by atoms with E-state index < -0.39 is 0 Å². The van der Waals surface area contributed by atoms with Crippen LogP contribution in [0.15, 0.2) is 24.3 Å². The number of likely N-dealkylation sites (N-methyl/N-ethyl adjacent to an activating group) is 1. The van der Waals surface area contributed by atoms with Crippen LogP contribution >= 0.6 is 0 Å². The van der Waals surface area contributed by atoms with Gasteiger partial charge in [0.15, 0.2) is 0 Å². The summed E-state index contributed by atoms with van der Waals surface area (Å²) in [5, 5.41) is 0. The van der Waals surface area contributed by atoms with Crippen molar-refractivity contribution in [1.82, 2.24) is 9.80 Å². The minimum Gasteiger partial charge on any atom is -0.341 e. The zero-order chi connectivity index (χ0) is 16.3. The molecule has 3 heteroatoms. The smallest absolute Gasteiger partial charge is 0.239 e. The number of amides is 1.